The second-order valence-corrected chi connectivity index (χ2v) is 11.1. The molecule has 19 heavy (non-hydrogen) atoms. The van der Waals surface area contributed by atoms with Gasteiger partial charge in [-0.15, -0.1) is 0 Å². The van der Waals surface area contributed by atoms with Gasteiger partial charge in [0.25, 0.3) is 5.69 Å². The van der Waals surface area contributed by atoms with E-state index in [1.54, 1.807) is 6.92 Å². The summed E-state index contributed by atoms with van der Waals surface area (Å²) < 4.78 is 15.7. The summed E-state index contributed by atoms with van der Waals surface area (Å²) in [7, 11) is 2.17. The van der Waals surface area contributed by atoms with E-state index in [0.29, 0.717) is 13.2 Å². The van der Waals surface area contributed by atoms with Crippen LogP contribution >= 0.6 is 26.9 Å². The smallest absolute Gasteiger partial charge is 0.348 e. The monoisotopic (exact) mass is 346 g/mol. The number of aliphatic hydroxyl groups excluding tert-OH is 1. The second kappa shape index (κ2) is 10.1. The zero-order valence-corrected chi connectivity index (χ0v) is 14.7. The summed E-state index contributed by atoms with van der Waals surface area (Å²) in [5.41, 5.74) is -2.51. The number of carbonyl (C=O) groups excluding carboxylic acids is 1. The van der Waals surface area contributed by atoms with Crippen molar-refractivity contribution in [3.05, 3.63) is 10.7 Å². The predicted octanol–water partition coefficient (Wildman–Crippen LogP) is 4.02. The van der Waals surface area contributed by atoms with Gasteiger partial charge in [-0.2, -0.15) is 0 Å². The standard InChI is InChI=1S/C10H19O5PS3/c1-5-13-10(12)9(8(4)11)18-19-16(17,14-6-2)15-7-3/h11H,5-7H2,1-4H3/b9-8+. The van der Waals surface area contributed by atoms with Crippen molar-refractivity contribution in [1.29, 1.82) is 0 Å². The average molecular weight is 346 g/mol. The maximum Gasteiger partial charge on any atom is 0.348 e. The molecule has 0 saturated heterocycles. The van der Waals surface area contributed by atoms with Crippen molar-refractivity contribution in [2.24, 2.45) is 0 Å². The molecule has 0 spiro atoms. The van der Waals surface area contributed by atoms with Crippen LogP contribution in [-0.4, -0.2) is 30.9 Å². The quantitative estimate of drug-likeness (QED) is 0.221. The lowest BCUT2D eigenvalue weighted by molar-refractivity contribution is -0.137. The molecule has 0 bridgehead atoms. The number of carbonyl (C=O) groups is 1. The minimum atomic E-state index is -2.51. The predicted molar refractivity (Wildman–Crippen MR) is 84.7 cm³/mol. The van der Waals surface area contributed by atoms with Crippen molar-refractivity contribution >= 4 is 44.7 Å². The summed E-state index contributed by atoms with van der Waals surface area (Å²) in [6.45, 7) is 7.87. The number of ether oxygens (including phenoxy) is 1. The van der Waals surface area contributed by atoms with Crippen molar-refractivity contribution in [3.63, 3.8) is 0 Å². The molecular weight excluding hydrogens is 327 g/mol. The molecule has 0 radical (unpaired) electrons. The number of allylic oxidation sites excluding steroid dienone is 1. The first-order valence-corrected chi connectivity index (χ1v) is 11.1. The van der Waals surface area contributed by atoms with Gasteiger partial charge in [0.1, 0.15) is 10.7 Å². The van der Waals surface area contributed by atoms with Gasteiger partial charge < -0.3 is 18.9 Å². The van der Waals surface area contributed by atoms with Crippen LogP contribution in [0.1, 0.15) is 27.7 Å². The lowest BCUT2D eigenvalue weighted by Crippen LogP contribution is -2.06. The van der Waals surface area contributed by atoms with Crippen LogP contribution in [0.4, 0.5) is 0 Å². The van der Waals surface area contributed by atoms with Gasteiger partial charge in [-0.05, 0) is 50.3 Å². The Morgan fingerprint density at radius 2 is 1.74 bits per heavy atom. The molecule has 0 aromatic carbocycles. The van der Waals surface area contributed by atoms with E-state index in [0.717, 1.165) is 21.2 Å². The van der Waals surface area contributed by atoms with Crippen LogP contribution in [0.15, 0.2) is 10.7 Å². The Bertz CT molecular complexity index is 358. The Balaban J connectivity index is 4.75. The van der Waals surface area contributed by atoms with Gasteiger partial charge in [-0.25, -0.2) is 4.79 Å². The molecule has 9 heteroatoms. The highest BCUT2D eigenvalue weighted by molar-refractivity contribution is 9.04. The van der Waals surface area contributed by atoms with Crippen LogP contribution in [0.2, 0.25) is 0 Å². The van der Waals surface area contributed by atoms with E-state index in [9.17, 15) is 9.90 Å². The van der Waals surface area contributed by atoms with Gasteiger partial charge in [0.05, 0.1) is 19.8 Å². The molecule has 112 valence electrons. The number of hydrogen-bond donors (Lipinski definition) is 1. The maximum absolute atomic E-state index is 11.6. The molecule has 0 saturated carbocycles. The summed E-state index contributed by atoms with van der Waals surface area (Å²) in [5, 5.41) is 9.51. The lowest BCUT2D eigenvalue weighted by atomic mass is 10.5. The van der Waals surface area contributed by atoms with Crippen LogP contribution in [0.5, 0.6) is 0 Å². The summed E-state index contributed by atoms with van der Waals surface area (Å²) in [4.78, 5) is 11.8. The zero-order chi connectivity index (χ0) is 14.9. The first-order chi connectivity index (χ1) is 8.90. The molecule has 0 amide bonds. The maximum atomic E-state index is 11.6. The fourth-order valence-electron chi connectivity index (χ4n) is 0.918. The molecule has 0 aromatic rings. The van der Waals surface area contributed by atoms with Gasteiger partial charge in [-0.1, -0.05) is 0 Å². The number of rotatable bonds is 9. The van der Waals surface area contributed by atoms with Crippen LogP contribution in [0.25, 0.3) is 0 Å². The minimum Gasteiger partial charge on any atom is -0.511 e. The first kappa shape index (κ1) is 19.3. The van der Waals surface area contributed by atoms with Gasteiger partial charge in [-0.3, -0.25) is 0 Å². The van der Waals surface area contributed by atoms with E-state index >= 15 is 0 Å². The first-order valence-electron chi connectivity index (χ1n) is 5.72. The average Bonchev–Trinajstić information content (AvgIpc) is 2.29. The Labute approximate surface area is 126 Å². The Kier molecular flexibility index (Phi) is 10.2. The Morgan fingerprint density at radius 1 is 1.21 bits per heavy atom. The van der Waals surface area contributed by atoms with Gasteiger partial charge in [0.15, 0.2) is 0 Å². The molecule has 5 nitrogen and oxygen atoms in total. The van der Waals surface area contributed by atoms with Crippen LogP contribution in [0, 0.1) is 0 Å². The fraction of sp³-hybridized carbons (Fsp3) is 0.700. The van der Waals surface area contributed by atoms with Crippen LogP contribution in [0.3, 0.4) is 0 Å². The molecule has 0 fully saturated rings. The SMILES string of the molecule is CCOC(=O)/C(SSP(=S)(OCC)OCC)=C(/C)O. The van der Waals surface area contributed by atoms with Crippen molar-refractivity contribution in [2.45, 2.75) is 27.7 Å². The molecule has 0 aliphatic heterocycles. The van der Waals surface area contributed by atoms with E-state index in [-0.39, 0.29) is 17.3 Å². The zero-order valence-electron chi connectivity index (χ0n) is 11.4. The molecule has 0 atom stereocenters. The van der Waals surface area contributed by atoms with E-state index in [1.807, 2.05) is 13.8 Å². The van der Waals surface area contributed by atoms with Gasteiger partial charge in [0.2, 0.25) is 0 Å². The molecular formula is C10H19O5PS3. The second-order valence-electron chi connectivity index (χ2n) is 3.08. The summed E-state index contributed by atoms with van der Waals surface area (Å²) in [6.07, 6.45) is 0. The lowest BCUT2D eigenvalue weighted by Gasteiger charge is -2.19. The fourth-order valence-corrected chi connectivity index (χ4v) is 7.80. The van der Waals surface area contributed by atoms with Gasteiger partial charge >= 0.3 is 5.97 Å². The Hall–Kier alpha value is 0.280. The van der Waals surface area contributed by atoms with E-state index in [2.05, 4.69) is 0 Å². The Morgan fingerprint density at radius 3 is 2.11 bits per heavy atom. The minimum absolute atomic E-state index is 0.106. The molecule has 0 unspecified atom stereocenters. The van der Waals surface area contributed by atoms with Crippen molar-refractivity contribution in [2.75, 3.05) is 19.8 Å². The highest BCUT2D eigenvalue weighted by Crippen LogP contribution is 2.67. The largest absolute Gasteiger partial charge is 0.511 e. The topological polar surface area (TPSA) is 65.0 Å². The van der Waals surface area contributed by atoms with Crippen molar-refractivity contribution < 1.29 is 23.7 Å². The van der Waals surface area contributed by atoms with E-state index in [4.69, 9.17) is 25.6 Å². The highest BCUT2D eigenvalue weighted by Gasteiger charge is 2.24. The van der Waals surface area contributed by atoms with Crippen molar-refractivity contribution in [3.8, 4) is 0 Å². The summed E-state index contributed by atoms with van der Waals surface area (Å²) >= 11 is 5.31. The molecule has 0 aromatic heterocycles. The summed E-state index contributed by atoms with van der Waals surface area (Å²) in [6, 6.07) is 0. The molecule has 0 heterocycles. The molecule has 0 aliphatic rings. The highest BCUT2D eigenvalue weighted by atomic mass is 33.4. The van der Waals surface area contributed by atoms with E-state index in [1.165, 1.54) is 6.92 Å². The molecule has 0 aliphatic carbocycles. The van der Waals surface area contributed by atoms with Crippen molar-refractivity contribution in [1.82, 2.24) is 0 Å². The van der Waals surface area contributed by atoms with E-state index < -0.39 is 11.7 Å². The number of esters is 1. The van der Waals surface area contributed by atoms with Gasteiger partial charge in [0, 0.05) is 10.4 Å². The third kappa shape index (κ3) is 7.58. The third-order valence-electron chi connectivity index (χ3n) is 1.58. The van der Waals surface area contributed by atoms with Crippen LogP contribution < -0.4 is 0 Å². The third-order valence-corrected chi connectivity index (χ3v) is 10.1. The summed E-state index contributed by atoms with van der Waals surface area (Å²) in [5.74, 6) is -0.681. The molecule has 1 N–H and O–H groups in total. The van der Waals surface area contributed by atoms with Crippen LogP contribution in [-0.2, 0) is 30.4 Å². The number of hydrogen-bond acceptors (Lipinski definition) is 8. The normalized spacial score (nSPS) is 13.1. The molecule has 0 rings (SSSR count). The number of aliphatic hydroxyl groups is 1.